The molecule has 146 valence electrons. The Balaban J connectivity index is 2.08. The van der Waals surface area contributed by atoms with Crippen molar-refractivity contribution in [2.24, 2.45) is 5.73 Å². The average Bonchev–Trinajstić information content (AvgIpc) is 3.10. The number of aromatic hydroxyl groups is 1. The van der Waals surface area contributed by atoms with Gasteiger partial charge in [0.2, 0.25) is 0 Å². The van der Waals surface area contributed by atoms with E-state index in [0.29, 0.717) is 10.9 Å². The molecule has 0 aliphatic heterocycles. The number of benzene rings is 2. The number of esters is 1. The Morgan fingerprint density at radius 3 is 2.57 bits per heavy atom. The van der Waals surface area contributed by atoms with E-state index in [0.717, 1.165) is 12.1 Å². The van der Waals surface area contributed by atoms with Crippen LogP contribution in [-0.4, -0.2) is 37.5 Å². The first-order chi connectivity index (χ1) is 13.1. The standard InChI is InChI=1S/C17H14ClN3O6S/c1-27-17(24)11-4-8(5-14-10(11)2-3-20-14)21-28(25,26)9-6-12(16(19)23)15(22)13(18)7-9/h2-7,20-22H,1H3,(H2,19,23). The number of halogens is 1. The fourth-order valence-electron chi connectivity index (χ4n) is 2.64. The number of carbonyl (C=O) groups excluding carboxylic acids is 2. The summed E-state index contributed by atoms with van der Waals surface area (Å²) in [6, 6.07) is 6.33. The number of nitrogens with one attached hydrogen (secondary N) is 2. The predicted molar refractivity (Wildman–Crippen MR) is 102 cm³/mol. The molecule has 2 aromatic carbocycles. The summed E-state index contributed by atoms with van der Waals surface area (Å²) < 4.78 is 32.5. The molecule has 0 radical (unpaired) electrons. The number of rotatable bonds is 5. The average molecular weight is 424 g/mol. The van der Waals surface area contributed by atoms with Gasteiger partial charge in [0.15, 0.2) is 0 Å². The maximum Gasteiger partial charge on any atom is 0.338 e. The van der Waals surface area contributed by atoms with Gasteiger partial charge in [-0.3, -0.25) is 9.52 Å². The Bertz CT molecular complexity index is 1220. The van der Waals surface area contributed by atoms with E-state index in [2.05, 4.69) is 9.71 Å². The van der Waals surface area contributed by atoms with Crippen LogP contribution < -0.4 is 10.5 Å². The largest absolute Gasteiger partial charge is 0.506 e. The highest BCUT2D eigenvalue weighted by molar-refractivity contribution is 7.92. The van der Waals surface area contributed by atoms with E-state index in [4.69, 9.17) is 22.1 Å². The Hall–Kier alpha value is -3.24. The van der Waals surface area contributed by atoms with Crippen LogP contribution in [0.3, 0.4) is 0 Å². The van der Waals surface area contributed by atoms with Crippen molar-refractivity contribution >= 4 is 50.1 Å². The number of amides is 1. The third-order valence-electron chi connectivity index (χ3n) is 3.94. The number of sulfonamides is 1. The Kier molecular flexibility index (Phi) is 4.92. The summed E-state index contributed by atoms with van der Waals surface area (Å²) in [5.74, 6) is -2.31. The maximum absolute atomic E-state index is 12.7. The van der Waals surface area contributed by atoms with Crippen LogP contribution in [0.2, 0.25) is 5.02 Å². The minimum Gasteiger partial charge on any atom is -0.506 e. The second-order valence-corrected chi connectivity index (χ2v) is 7.81. The zero-order valence-corrected chi connectivity index (χ0v) is 15.9. The summed E-state index contributed by atoms with van der Waals surface area (Å²) in [6.07, 6.45) is 1.59. The van der Waals surface area contributed by atoms with Crippen LogP contribution in [0.1, 0.15) is 20.7 Å². The van der Waals surface area contributed by atoms with E-state index in [-0.39, 0.29) is 16.3 Å². The van der Waals surface area contributed by atoms with Gasteiger partial charge in [-0.2, -0.15) is 0 Å². The first-order valence-electron chi connectivity index (χ1n) is 7.68. The van der Waals surface area contributed by atoms with Gasteiger partial charge in [-0.1, -0.05) is 11.6 Å². The highest BCUT2D eigenvalue weighted by Crippen LogP contribution is 2.32. The van der Waals surface area contributed by atoms with E-state index >= 15 is 0 Å². The molecule has 11 heteroatoms. The second kappa shape index (κ2) is 7.06. The van der Waals surface area contributed by atoms with Crippen LogP contribution in [0, 0.1) is 0 Å². The van der Waals surface area contributed by atoms with E-state index in [1.807, 2.05) is 0 Å². The number of nitrogens with two attached hydrogens (primary N) is 1. The van der Waals surface area contributed by atoms with E-state index < -0.39 is 38.1 Å². The SMILES string of the molecule is COC(=O)c1cc(NS(=O)(=O)c2cc(Cl)c(O)c(C(N)=O)c2)cc2[nH]ccc12. The van der Waals surface area contributed by atoms with Crippen molar-refractivity contribution in [3.05, 3.63) is 52.7 Å². The highest BCUT2D eigenvalue weighted by Gasteiger charge is 2.22. The molecular formula is C17H14ClN3O6S. The van der Waals surface area contributed by atoms with Crippen molar-refractivity contribution in [3.8, 4) is 5.75 Å². The minimum absolute atomic E-state index is 0.0696. The zero-order valence-electron chi connectivity index (χ0n) is 14.3. The van der Waals surface area contributed by atoms with Crippen molar-refractivity contribution in [2.75, 3.05) is 11.8 Å². The Morgan fingerprint density at radius 2 is 1.93 bits per heavy atom. The van der Waals surface area contributed by atoms with E-state index in [9.17, 15) is 23.1 Å². The lowest BCUT2D eigenvalue weighted by Crippen LogP contribution is -2.16. The molecule has 3 rings (SSSR count). The monoisotopic (exact) mass is 423 g/mol. The number of fused-ring (bicyclic) bond motifs is 1. The number of ether oxygens (including phenoxy) is 1. The Labute approximate surface area is 164 Å². The smallest absolute Gasteiger partial charge is 0.338 e. The number of primary amides is 1. The maximum atomic E-state index is 12.7. The molecule has 1 amide bonds. The molecule has 0 spiro atoms. The van der Waals surface area contributed by atoms with E-state index in [1.165, 1.54) is 19.2 Å². The van der Waals surface area contributed by atoms with Gasteiger partial charge in [-0.15, -0.1) is 0 Å². The summed E-state index contributed by atoms with van der Waals surface area (Å²) >= 11 is 5.80. The number of hydrogen-bond acceptors (Lipinski definition) is 6. The third-order valence-corrected chi connectivity index (χ3v) is 5.59. The van der Waals surface area contributed by atoms with Crippen LogP contribution >= 0.6 is 11.6 Å². The summed E-state index contributed by atoms with van der Waals surface area (Å²) in [5, 5.41) is 9.96. The first-order valence-corrected chi connectivity index (χ1v) is 9.54. The third kappa shape index (κ3) is 3.47. The number of H-pyrrole nitrogens is 1. The van der Waals surface area contributed by atoms with Gasteiger partial charge < -0.3 is 20.6 Å². The van der Waals surface area contributed by atoms with Crippen LogP contribution in [0.25, 0.3) is 10.9 Å². The molecule has 0 atom stereocenters. The molecule has 3 aromatic rings. The molecule has 5 N–H and O–H groups in total. The van der Waals surface area contributed by atoms with Crippen molar-refractivity contribution in [3.63, 3.8) is 0 Å². The van der Waals surface area contributed by atoms with Crippen LogP contribution in [-0.2, 0) is 14.8 Å². The molecule has 0 unspecified atom stereocenters. The molecule has 0 aliphatic carbocycles. The lowest BCUT2D eigenvalue weighted by atomic mass is 10.1. The fraction of sp³-hybridized carbons (Fsp3) is 0.0588. The quantitative estimate of drug-likeness (QED) is 0.462. The van der Waals surface area contributed by atoms with Crippen molar-refractivity contribution in [2.45, 2.75) is 4.90 Å². The molecule has 0 bridgehead atoms. The van der Waals surface area contributed by atoms with Gasteiger partial charge >= 0.3 is 5.97 Å². The normalized spacial score (nSPS) is 11.4. The molecule has 28 heavy (non-hydrogen) atoms. The highest BCUT2D eigenvalue weighted by atomic mass is 35.5. The van der Waals surface area contributed by atoms with Crippen LogP contribution in [0.4, 0.5) is 5.69 Å². The van der Waals surface area contributed by atoms with E-state index in [1.54, 1.807) is 12.3 Å². The summed E-state index contributed by atoms with van der Waals surface area (Å²) in [4.78, 5) is 25.9. The summed E-state index contributed by atoms with van der Waals surface area (Å²) in [6.45, 7) is 0. The number of methoxy groups -OCH3 is 1. The molecule has 0 fully saturated rings. The number of hydrogen-bond donors (Lipinski definition) is 4. The van der Waals surface area contributed by atoms with Gasteiger partial charge in [-0.25, -0.2) is 13.2 Å². The van der Waals surface area contributed by atoms with Crippen molar-refractivity contribution in [1.82, 2.24) is 4.98 Å². The second-order valence-electron chi connectivity index (χ2n) is 5.73. The first kappa shape index (κ1) is 19.5. The zero-order chi connectivity index (χ0) is 20.6. The van der Waals surface area contributed by atoms with Gasteiger partial charge in [-0.05, 0) is 30.3 Å². The minimum atomic E-state index is -4.23. The lowest BCUT2D eigenvalue weighted by molar-refractivity contribution is 0.0603. The fourth-order valence-corrected chi connectivity index (χ4v) is 4.01. The molecule has 1 aromatic heterocycles. The van der Waals surface area contributed by atoms with Gasteiger partial charge in [0.1, 0.15) is 5.75 Å². The molecule has 0 aliphatic rings. The number of phenols is 1. The summed E-state index contributed by atoms with van der Waals surface area (Å²) in [5.41, 5.74) is 5.42. The Morgan fingerprint density at radius 1 is 1.21 bits per heavy atom. The topological polar surface area (TPSA) is 152 Å². The van der Waals surface area contributed by atoms with Gasteiger partial charge in [0.05, 0.1) is 33.8 Å². The number of carbonyl (C=O) groups is 2. The van der Waals surface area contributed by atoms with Gasteiger partial charge in [0, 0.05) is 17.1 Å². The predicted octanol–water partition coefficient (Wildman–Crippen LogP) is 2.21. The lowest BCUT2D eigenvalue weighted by Gasteiger charge is -2.12. The number of aromatic amines is 1. The molecule has 9 nitrogen and oxygen atoms in total. The van der Waals surface area contributed by atoms with Crippen LogP contribution in [0.5, 0.6) is 5.75 Å². The van der Waals surface area contributed by atoms with Gasteiger partial charge in [0.25, 0.3) is 15.9 Å². The molecule has 1 heterocycles. The molecule has 0 saturated carbocycles. The molecule has 0 saturated heterocycles. The van der Waals surface area contributed by atoms with Crippen molar-refractivity contribution < 1.29 is 27.9 Å². The van der Waals surface area contributed by atoms with Crippen molar-refractivity contribution in [1.29, 1.82) is 0 Å². The summed E-state index contributed by atoms with van der Waals surface area (Å²) in [7, 11) is -3.02. The van der Waals surface area contributed by atoms with Crippen LogP contribution in [0.15, 0.2) is 41.4 Å². The molecular weight excluding hydrogens is 410 g/mol. The number of anilines is 1. The number of aromatic nitrogens is 1.